The molecule has 0 spiro atoms. The number of benzene rings is 2. The molecule has 8 nitrogen and oxygen atoms in total. The first kappa shape index (κ1) is 22.4. The molecule has 8 heteroatoms. The van der Waals surface area contributed by atoms with E-state index in [0.717, 1.165) is 18.4 Å². The van der Waals surface area contributed by atoms with Gasteiger partial charge in [0.2, 0.25) is 5.91 Å². The average Bonchev–Trinajstić information content (AvgIpc) is 3.24. The van der Waals surface area contributed by atoms with Crippen LogP contribution in [0.15, 0.2) is 57.7 Å². The van der Waals surface area contributed by atoms with Crippen LogP contribution in [0.4, 0.5) is 0 Å². The number of amides is 2. The van der Waals surface area contributed by atoms with Crippen LogP contribution in [0.3, 0.4) is 0 Å². The van der Waals surface area contributed by atoms with Gasteiger partial charge in [-0.2, -0.15) is 0 Å². The highest BCUT2D eigenvalue weighted by atomic mass is 16.5. The van der Waals surface area contributed by atoms with E-state index in [4.69, 9.17) is 13.9 Å². The lowest BCUT2D eigenvalue weighted by Crippen LogP contribution is -2.33. The predicted octanol–water partition coefficient (Wildman–Crippen LogP) is 2.98. The van der Waals surface area contributed by atoms with E-state index in [1.807, 2.05) is 17.0 Å². The van der Waals surface area contributed by atoms with Crippen molar-refractivity contribution in [1.82, 2.24) is 10.2 Å². The van der Waals surface area contributed by atoms with Crippen LogP contribution in [0.25, 0.3) is 22.1 Å². The molecule has 1 saturated heterocycles. The Morgan fingerprint density at radius 2 is 1.97 bits per heavy atom. The number of hydrogen-bond donors (Lipinski definition) is 1. The van der Waals surface area contributed by atoms with Gasteiger partial charge in [0, 0.05) is 31.4 Å². The molecule has 33 heavy (non-hydrogen) atoms. The summed E-state index contributed by atoms with van der Waals surface area (Å²) in [6.07, 6.45) is 2.25. The third-order valence-corrected chi connectivity index (χ3v) is 5.58. The molecular formula is C25H26N2O6. The molecule has 0 atom stereocenters. The van der Waals surface area contributed by atoms with E-state index in [9.17, 15) is 14.4 Å². The van der Waals surface area contributed by atoms with Crippen LogP contribution in [0, 0.1) is 0 Å². The number of fused-ring (bicyclic) bond motifs is 1. The van der Waals surface area contributed by atoms with Gasteiger partial charge in [-0.1, -0.05) is 24.3 Å². The van der Waals surface area contributed by atoms with Gasteiger partial charge in [-0.05, 0) is 42.7 Å². The maximum Gasteiger partial charge on any atom is 0.344 e. The number of carbonyl (C=O) groups is 2. The zero-order chi connectivity index (χ0) is 23.2. The second-order valence-corrected chi connectivity index (χ2v) is 7.83. The van der Waals surface area contributed by atoms with Gasteiger partial charge in [-0.15, -0.1) is 0 Å². The number of nitrogens with one attached hydrogen (secondary N) is 1. The van der Waals surface area contributed by atoms with Crippen molar-refractivity contribution < 1.29 is 23.5 Å². The lowest BCUT2D eigenvalue weighted by molar-refractivity contribution is -0.127. The smallest absolute Gasteiger partial charge is 0.344 e. The maximum atomic E-state index is 12.5. The molecule has 0 saturated carbocycles. The molecule has 1 fully saturated rings. The number of likely N-dealkylation sites (tertiary alicyclic amines) is 1. The van der Waals surface area contributed by atoms with Crippen molar-refractivity contribution in [2.45, 2.75) is 19.3 Å². The number of para-hydroxylation sites is 1. The highest BCUT2D eigenvalue weighted by molar-refractivity contribution is 5.86. The van der Waals surface area contributed by atoms with Gasteiger partial charge >= 0.3 is 5.63 Å². The number of nitrogens with zero attached hydrogens (tertiary/aromatic N) is 1. The molecule has 2 heterocycles. The monoisotopic (exact) mass is 450 g/mol. The van der Waals surface area contributed by atoms with E-state index < -0.39 is 5.63 Å². The summed E-state index contributed by atoms with van der Waals surface area (Å²) in [5, 5.41) is 3.56. The van der Waals surface area contributed by atoms with Crippen LogP contribution in [0.5, 0.6) is 11.5 Å². The molecule has 2 aromatic carbocycles. The molecule has 1 aliphatic rings. The van der Waals surface area contributed by atoms with E-state index in [2.05, 4.69) is 5.32 Å². The second kappa shape index (κ2) is 10.2. The van der Waals surface area contributed by atoms with E-state index in [1.165, 1.54) is 7.11 Å². The zero-order valence-corrected chi connectivity index (χ0v) is 18.5. The summed E-state index contributed by atoms with van der Waals surface area (Å²) in [5.41, 5.74) is 1.06. The first-order valence-corrected chi connectivity index (χ1v) is 10.9. The molecule has 0 aliphatic carbocycles. The lowest BCUT2D eigenvalue weighted by Gasteiger charge is -2.15. The van der Waals surface area contributed by atoms with Crippen LogP contribution in [-0.4, -0.2) is 50.1 Å². The summed E-state index contributed by atoms with van der Waals surface area (Å²) in [5.74, 6) is 0.983. The van der Waals surface area contributed by atoms with E-state index in [-0.39, 0.29) is 18.4 Å². The molecule has 1 aliphatic heterocycles. The number of carbonyl (C=O) groups excluding carboxylic acids is 2. The van der Waals surface area contributed by atoms with Crippen molar-refractivity contribution in [3.8, 4) is 22.6 Å². The Bertz CT molecular complexity index is 1200. The average molecular weight is 450 g/mol. The minimum absolute atomic E-state index is 0.111. The topological polar surface area (TPSA) is 98.1 Å². The first-order chi connectivity index (χ1) is 16.0. The zero-order valence-electron chi connectivity index (χ0n) is 18.5. The Kier molecular flexibility index (Phi) is 6.92. The van der Waals surface area contributed by atoms with E-state index >= 15 is 0 Å². The third kappa shape index (κ3) is 5.34. The van der Waals surface area contributed by atoms with Crippen LogP contribution < -0.4 is 20.4 Å². The van der Waals surface area contributed by atoms with Crippen LogP contribution in [-0.2, 0) is 9.59 Å². The van der Waals surface area contributed by atoms with Gasteiger partial charge in [0.1, 0.15) is 5.75 Å². The summed E-state index contributed by atoms with van der Waals surface area (Å²) in [4.78, 5) is 37.9. The number of ether oxygens (including phenoxy) is 2. The summed E-state index contributed by atoms with van der Waals surface area (Å²) in [6, 6.07) is 14.1. The quantitative estimate of drug-likeness (QED) is 0.398. The molecule has 1 N–H and O–H groups in total. The molecule has 172 valence electrons. The summed E-state index contributed by atoms with van der Waals surface area (Å²) in [6.45, 7) is 1.85. The Labute approximate surface area is 191 Å². The Morgan fingerprint density at radius 1 is 1.15 bits per heavy atom. The standard InChI is InChI=1S/C25H26N2O6/c1-31-21-6-2-5-18-15-20(25(30)33-24(18)21)17-8-10-19(11-9-17)32-16-22(28)26-12-4-14-27-13-3-7-23(27)29/h2,5-6,8-11,15H,3-4,7,12-14,16H2,1H3,(H,26,28). The third-order valence-electron chi connectivity index (χ3n) is 5.58. The molecule has 0 bridgehead atoms. The lowest BCUT2D eigenvalue weighted by atomic mass is 10.1. The number of methoxy groups -OCH3 is 1. The van der Waals surface area contributed by atoms with E-state index in [1.54, 1.807) is 36.4 Å². The SMILES string of the molecule is COc1cccc2cc(-c3ccc(OCC(=O)NCCCN4CCCC4=O)cc3)c(=O)oc12. The summed E-state index contributed by atoms with van der Waals surface area (Å²) < 4.78 is 16.3. The number of rotatable bonds is 9. The van der Waals surface area contributed by atoms with Gasteiger partial charge in [-0.3, -0.25) is 9.59 Å². The minimum Gasteiger partial charge on any atom is -0.493 e. The van der Waals surface area contributed by atoms with Crippen molar-refractivity contribution in [1.29, 1.82) is 0 Å². The van der Waals surface area contributed by atoms with Gasteiger partial charge in [-0.25, -0.2) is 4.79 Å². The van der Waals surface area contributed by atoms with Crippen molar-refractivity contribution in [3.63, 3.8) is 0 Å². The largest absolute Gasteiger partial charge is 0.493 e. The Hall–Kier alpha value is -3.81. The Morgan fingerprint density at radius 3 is 2.70 bits per heavy atom. The van der Waals surface area contributed by atoms with Crippen LogP contribution in [0.2, 0.25) is 0 Å². The molecule has 3 aromatic rings. The molecule has 0 unspecified atom stereocenters. The predicted molar refractivity (Wildman–Crippen MR) is 123 cm³/mol. The minimum atomic E-state index is -0.462. The molecule has 4 rings (SSSR count). The summed E-state index contributed by atoms with van der Waals surface area (Å²) >= 11 is 0. The Balaban J connectivity index is 1.30. The first-order valence-electron chi connectivity index (χ1n) is 10.9. The normalized spacial score (nSPS) is 13.4. The van der Waals surface area contributed by atoms with Crippen LogP contribution in [0.1, 0.15) is 19.3 Å². The van der Waals surface area contributed by atoms with Gasteiger partial charge in [0.25, 0.3) is 5.91 Å². The van der Waals surface area contributed by atoms with Crippen LogP contribution >= 0.6 is 0 Å². The number of hydrogen-bond acceptors (Lipinski definition) is 6. The fraction of sp³-hybridized carbons (Fsp3) is 0.320. The van der Waals surface area contributed by atoms with Crippen molar-refractivity contribution in [2.24, 2.45) is 0 Å². The highest BCUT2D eigenvalue weighted by Crippen LogP contribution is 2.28. The van der Waals surface area contributed by atoms with Crippen molar-refractivity contribution in [3.05, 3.63) is 59.0 Å². The van der Waals surface area contributed by atoms with Gasteiger partial charge in [0.15, 0.2) is 17.9 Å². The highest BCUT2D eigenvalue weighted by Gasteiger charge is 2.19. The second-order valence-electron chi connectivity index (χ2n) is 7.83. The van der Waals surface area contributed by atoms with Crippen molar-refractivity contribution in [2.75, 3.05) is 33.4 Å². The maximum absolute atomic E-state index is 12.5. The fourth-order valence-electron chi connectivity index (χ4n) is 3.85. The van der Waals surface area contributed by atoms with E-state index in [0.29, 0.717) is 54.1 Å². The fourth-order valence-corrected chi connectivity index (χ4v) is 3.85. The summed E-state index contributed by atoms with van der Waals surface area (Å²) in [7, 11) is 1.53. The molecular weight excluding hydrogens is 424 g/mol. The molecule has 2 amide bonds. The molecule has 0 radical (unpaired) electrons. The van der Waals surface area contributed by atoms with Gasteiger partial charge in [0.05, 0.1) is 12.7 Å². The molecule has 1 aromatic heterocycles. The van der Waals surface area contributed by atoms with Crippen molar-refractivity contribution >= 4 is 22.8 Å². The van der Waals surface area contributed by atoms with Gasteiger partial charge < -0.3 is 24.1 Å².